The van der Waals surface area contributed by atoms with Gasteiger partial charge in [-0.3, -0.25) is 14.6 Å². The van der Waals surface area contributed by atoms with Gasteiger partial charge in [0, 0.05) is 31.0 Å². The third kappa shape index (κ3) is 3.22. The zero-order valence-electron chi connectivity index (χ0n) is 15.8. The first-order chi connectivity index (χ1) is 14.1. The maximum absolute atomic E-state index is 13.1. The quantitative estimate of drug-likeness (QED) is 0.774. The van der Waals surface area contributed by atoms with Crippen molar-refractivity contribution in [2.75, 3.05) is 11.9 Å². The average Bonchev–Trinajstić information content (AvgIpc) is 3.35. The Morgan fingerprint density at radius 3 is 2.76 bits per heavy atom. The molecule has 7 heteroatoms. The van der Waals surface area contributed by atoms with Crippen molar-refractivity contribution in [2.45, 2.75) is 31.2 Å². The van der Waals surface area contributed by atoms with Crippen LogP contribution in [-0.4, -0.2) is 46.5 Å². The highest BCUT2D eigenvalue weighted by Gasteiger charge is 2.49. The Kier molecular flexibility index (Phi) is 4.41. The summed E-state index contributed by atoms with van der Waals surface area (Å²) in [5.41, 5.74) is 9.51. The first-order valence-electron chi connectivity index (χ1n) is 9.82. The number of pyridine rings is 1. The van der Waals surface area contributed by atoms with Gasteiger partial charge in [0.25, 0.3) is 5.91 Å². The molecule has 1 fully saturated rings. The summed E-state index contributed by atoms with van der Waals surface area (Å²) in [6.45, 7) is 1.17. The topological polar surface area (TPSA) is 97.6 Å². The van der Waals surface area contributed by atoms with E-state index in [4.69, 9.17) is 10.5 Å². The minimum Gasteiger partial charge on any atom is -0.364 e. The predicted octanol–water partition coefficient (Wildman–Crippen LogP) is 1.50. The molecule has 29 heavy (non-hydrogen) atoms. The van der Waals surface area contributed by atoms with Gasteiger partial charge in [-0.25, -0.2) is 0 Å². The van der Waals surface area contributed by atoms with E-state index in [1.165, 1.54) is 5.56 Å². The predicted molar refractivity (Wildman–Crippen MR) is 107 cm³/mol. The molecule has 148 valence electrons. The van der Waals surface area contributed by atoms with Crippen molar-refractivity contribution < 1.29 is 14.3 Å². The molecule has 5 rings (SSSR count). The second-order valence-corrected chi connectivity index (χ2v) is 7.72. The van der Waals surface area contributed by atoms with Crippen molar-refractivity contribution in [1.29, 1.82) is 0 Å². The fourth-order valence-corrected chi connectivity index (χ4v) is 4.37. The molecule has 2 bridgehead atoms. The van der Waals surface area contributed by atoms with E-state index in [9.17, 15) is 9.59 Å². The van der Waals surface area contributed by atoms with E-state index in [-0.39, 0.29) is 36.0 Å². The third-order valence-electron chi connectivity index (χ3n) is 5.92. The number of amides is 2. The van der Waals surface area contributed by atoms with Crippen LogP contribution in [0.2, 0.25) is 0 Å². The maximum Gasteiger partial charge on any atom is 0.274 e. The Labute approximate surface area is 168 Å². The second-order valence-electron chi connectivity index (χ2n) is 7.72. The largest absolute Gasteiger partial charge is 0.364 e. The molecule has 4 heterocycles. The highest BCUT2D eigenvalue weighted by Crippen LogP contribution is 2.35. The van der Waals surface area contributed by atoms with Crippen molar-refractivity contribution in [1.82, 2.24) is 9.88 Å². The molecule has 0 saturated carbocycles. The van der Waals surface area contributed by atoms with Crippen LogP contribution in [0, 0.1) is 5.92 Å². The normalized spacial score (nSPS) is 27.0. The van der Waals surface area contributed by atoms with Crippen LogP contribution in [0.15, 0.2) is 54.7 Å². The number of hydrogen-bond donors (Lipinski definition) is 2. The summed E-state index contributed by atoms with van der Waals surface area (Å²) in [5.74, 6) is -0.535. The van der Waals surface area contributed by atoms with E-state index in [2.05, 4.69) is 10.3 Å². The Balaban J connectivity index is 1.31. The minimum atomic E-state index is -0.321. The molecule has 2 aromatic rings. The number of nitrogens with one attached hydrogen (secondary N) is 1. The van der Waals surface area contributed by atoms with Gasteiger partial charge in [-0.2, -0.15) is 0 Å². The van der Waals surface area contributed by atoms with Gasteiger partial charge in [0.1, 0.15) is 5.69 Å². The molecule has 1 aromatic carbocycles. The van der Waals surface area contributed by atoms with E-state index < -0.39 is 0 Å². The Morgan fingerprint density at radius 2 is 2.00 bits per heavy atom. The van der Waals surface area contributed by atoms with E-state index in [0.29, 0.717) is 24.5 Å². The summed E-state index contributed by atoms with van der Waals surface area (Å²) in [7, 11) is 0. The number of carbonyl (C=O) groups is 2. The summed E-state index contributed by atoms with van der Waals surface area (Å²) in [4.78, 5) is 31.4. The van der Waals surface area contributed by atoms with Gasteiger partial charge < -0.3 is 20.7 Å². The lowest BCUT2D eigenvalue weighted by Crippen LogP contribution is -2.49. The lowest BCUT2D eigenvalue weighted by Gasteiger charge is -2.33. The summed E-state index contributed by atoms with van der Waals surface area (Å²) in [6, 6.07) is 10.8. The third-order valence-corrected chi connectivity index (χ3v) is 5.92. The Morgan fingerprint density at radius 1 is 1.14 bits per heavy atom. The molecule has 0 aliphatic carbocycles. The number of carbonyl (C=O) groups excluding carboxylic acids is 2. The number of aromatic nitrogens is 1. The lowest BCUT2D eigenvalue weighted by molar-refractivity contribution is -0.137. The SMILES string of the molecule is N[C@@H]1[C@H](C(=O)N2CCc3ccc(NC(=O)c4ccccn4)cc3C2)[C@H]2C=C[C@@H]1O2. The van der Waals surface area contributed by atoms with Crippen LogP contribution >= 0.6 is 0 Å². The smallest absolute Gasteiger partial charge is 0.274 e. The molecule has 4 atom stereocenters. The van der Waals surface area contributed by atoms with Gasteiger partial charge in [-0.05, 0) is 41.8 Å². The van der Waals surface area contributed by atoms with Crippen LogP contribution in [0.5, 0.6) is 0 Å². The van der Waals surface area contributed by atoms with E-state index in [1.54, 1.807) is 24.4 Å². The van der Waals surface area contributed by atoms with E-state index in [1.807, 2.05) is 35.3 Å². The monoisotopic (exact) mass is 390 g/mol. The first-order valence-corrected chi connectivity index (χ1v) is 9.82. The fraction of sp³-hybridized carbons (Fsp3) is 0.318. The van der Waals surface area contributed by atoms with Crippen molar-refractivity contribution in [2.24, 2.45) is 11.7 Å². The molecule has 3 N–H and O–H groups in total. The van der Waals surface area contributed by atoms with Crippen molar-refractivity contribution >= 4 is 17.5 Å². The summed E-state index contributed by atoms with van der Waals surface area (Å²) < 4.78 is 5.75. The first kappa shape index (κ1) is 18.0. The number of ether oxygens (including phenoxy) is 1. The van der Waals surface area contributed by atoms with Gasteiger partial charge >= 0.3 is 0 Å². The number of nitrogens with two attached hydrogens (primary N) is 1. The maximum atomic E-state index is 13.1. The van der Waals surface area contributed by atoms with Crippen LogP contribution in [0.1, 0.15) is 21.6 Å². The number of hydrogen-bond acceptors (Lipinski definition) is 5. The molecule has 0 radical (unpaired) electrons. The van der Waals surface area contributed by atoms with Gasteiger partial charge in [0.15, 0.2) is 0 Å². The van der Waals surface area contributed by atoms with Crippen LogP contribution in [0.25, 0.3) is 0 Å². The minimum absolute atomic E-state index is 0.0444. The Hall–Kier alpha value is -3.03. The number of rotatable bonds is 3. The van der Waals surface area contributed by atoms with Crippen molar-refractivity contribution in [3.05, 3.63) is 71.6 Å². The van der Waals surface area contributed by atoms with Crippen molar-refractivity contribution in [3.63, 3.8) is 0 Å². The number of anilines is 1. The molecule has 2 amide bonds. The molecule has 3 aliphatic heterocycles. The van der Waals surface area contributed by atoms with E-state index in [0.717, 1.165) is 12.0 Å². The van der Waals surface area contributed by atoms with Crippen LogP contribution in [-0.2, 0) is 22.5 Å². The lowest BCUT2D eigenvalue weighted by atomic mass is 9.87. The van der Waals surface area contributed by atoms with Gasteiger partial charge in [-0.1, -0.05) is 24.3 Å². The van der Waals surface area contributed by atoms with Gasteiger partial charge in [-0.15, -0.1) is 0 Å². The zero-order chi connectivity index (χ0) is 20.0. The second kappa shape index (κ2) is 7.09. The number of benzene rings is 1. The molecule has 1 aromatic heterocycles. The molecular weight excluding hydrogens is 368 g/mol. The molecule has 0 unspecified atom stereocenters. The standard InChI is InChI=1S/C22H22N4O3/c23-20-18-7-6-17(29-18)19(20)22(28)26-10-8-13-4-5-15(11-14(13)12-26)25-21(27)16-3-1-2-9-24-16/h1-7,9,11,17-20H,8,10,12,23H2,(H,25,27)/t17-,18+,19-,20+/m1/s1. The summed E-state index contributed by atoms with van der Waals surface area (Å²) in [6.07, 6.45) is 5.89. The number of fused-ring (bicyclic) bond motifs is 3. The molecule has 7 nitrogen and oxygen atoms in total. The Bertz CT molecular complexity index is 991. The van der Waals surface area contributed by atoms with Crippen LogP contribution in [0.4, 0.5) is 5.69 Å². The van der Waals surface area contributed by atoms with Crippen LogP contribution in [0.3, 0.4) is 0 Å². The molecule has 0 spiro atoms. The highest BCUT2D eigenvalue weighted by molar-refractivity contribution is 6.02. The molecule has 3 aliphatic rings. The van der Waals surface area contributed by atoms with Gasteiger partial charge in [0.2, 0.25) is 5.91 Å². The fourth-order valence-electron chi connectivity index (χ4n) is 4.37. The van der Waals surface area contributed by atoms with E-state index >= 15 is 0 Å². The number of nitrogens with zero attached hydrogens (tertiary/aromatic N) is 2. The average molecular weight is 390 g/mol. The molecule has 1 saturated heterocycles. The summed E-state index contributed by atoms with van der Waals surface area (Å²) in [5, 5.41) is 2.88. The zero-order valence-corrected chi connectivity index (χ0v) is 15.8. The van der Waals surface area contributed by atoms with Crippen LogP contribution < -0.4 is 11.1 Å². The molecular formula is C22H22N4O3. The van der Waals surface area contributed by atoms with Crippen molar-refractivity contribution in [3.8, 4) is 0 Å². The van der Waals surface area contributed by atoms with Gasteiger partial charge in [0.05, 0.1) is 18.1 Å². The summed E-state index contributed by atoms with van der Waals surface area (Å²) >= 11 is 0. The highest BCUT2D eigenvalue weighted by atomic mass is 16.5.